The molecule has 1 aliphatic rings. The number of carbonyl (C=O) groups excluding carboxylic acids is 1. The van der Waals surface area contributed by atoms with Crippen LogP contribution >= 0.6 is 0 Å². The first-order valence-corrected chi connectivity index (χ1v) is 8.55. The van der Waals surface area contributed by atoms with Crippen molar-refractivity contribution in [1.82, 2.24) is 14.3 Å². The summed E-state index contributed by atoms with van der Waals surface area (Å²) >= 11 is 0. The van der Waals surface area contributed by atoms with Crippen LogP contribution in [0.25, 0.3) is 5.65 Å². The highest BCUT2D eigenvalue weighted by molar-refractivity contribution is 5.94. The zero-order valence-electron chi connectivity index (χ0n) is 13.8. The summed E-state index contributed by atoms with van der Waals surface area (Å²) in [6.07, 6.45) is 5.80. The highest BCUT2D eigenvalue weighted by Gasteiger charge is 2.31. The number of nitrogens with zero attached hydrogens (tertiary/aromatic N) is 3. The third-order valence-electron chi connectivity index (χ3n) is 4.80. The smallest absolute Gasteiger partial charge is 0.270 e. The van der Waals surface area contributed by atoms with Crippen LogP contribution in [0, 0.1) is 0 Å². The van der Waals surface area contributed by atoms with Gasteiger partial charge in [0.1, 0.15) is 11.2 Å². The molecular formula is C20H19N3O2. The minimum absolute atomic E-state index is 0.130. The molecule has 0 saturated carbocycles. The van der Waals surface area contributed by atoms with Gasteiger partial charge >= 0.3 is 0 Å². The van der Waals surface area contributed by atoms with Gasteiger partial charge in [-0.15, -0.1) is 0 Å². The number of aromatic nitrogens is 2. The molecule has 0 N–H and O–H groups in total. The maximum Gasteiger partial charge on any atom is 0.270 e. The number of benzene rings is 1. The van der Waals surface area contributed by atoms with E-state index in [-0.39, 0.29) is 23.1 Å². The van der Waals surface area contributed by atoms with Gasteiger partial charge in [0.15, 0.2) is 0 Å². The van der Waals surface area contributed by atoms with Crippen molar-refractivity contribution in [1.29, 1.82) is 0 Å². The van der Waals surface area contributed by atoms with E-state index in [2.05, 4.69) is 17.1 Å². The first-order valence-electron chi connectivity index (χ1n) is 8.55. The van der Waals surface area contributed by atoms with Crippen molar-refractivity contribution in [3.8, 4) is 0 Å². The molecule has 5 nitrogen and oxygen atoms in total. The van der Waals surface area contributed by atoms with Crippen molar-refractivity contribution >= 4 is 11.6 Å². The second kappa shape index (κ2) is 6.51. The van der Waals surface area contributed by atoms with Gasteiger partial charge in [0.25, 0.3) is 11.5 Å². The fourth-order valence-corrected chi connectivity index (χ4v) is 3.53. The lowest BCUT2D eigenvalue weighted by Crippen LogP contribution is -2.40. The molecule has 3 heterocycles. The Bertz CT molecular complexity index is 965. The summed E-state index contributed by atoms with van der Waals surface area (Å²) in [5.74, 6) is -0.214. The molecule has 4 rings (SSSR count). The summed E-state index contributed by atoms with van der Waals surface area (Å²) in [5, 5.41) is 0. The number of rotatable bonds is 3. The number of likely N-dealkylation sites (tertiary alicyclic amines) is 1. The highest BCUT2D eigenvalue weighted by atomic mass is 16.2. The van der Waals surface area contributed by atoms with Gasteiger partial charge in [0, 0.05) is 25.0 Å². The SMILES string of the molecule is O=C(c1cnc2ccccn2c1=O)N1CCCC1Cc1ccccc1. The Balaban J connectivity index is 1.64. The molecule has 5 heteroatoms. The average Bonchev–Trinajstić information content (AvgIpc) is 3.11. The van der Waals surface area contributed by atoms with E-state index in [4.69, 9.17) is 0 Å². The van der Waals surface area contributed by atoms with E-state index in [0.29, 0.717) is 12.2 Å². The van der Waals surface area contributed by atoms with E-state index in [0.717, 1.165) is 19.3 Å². The van der Waals surface area contributed by atoms with Crippen LogP contribution in [0.3, 0.4) is 0 Å². The maximum absolute atomic E-state index is 13.0. The first kappa shape index (κ1) is 15.6. The van der Waals surface area contributed by atoms with Crippen LogP contribution in [-0.2, 0) is 6.42 Å². The number of fused-ring (bicyclic) bond motifs is 1. The summed E-state index contributed by atoms with van der Waals surface area (Å²) < 4.78 is 1.43. The van der Waals surface area contributed by atoms with Gasteiger partial charge in [0.2, 0.25) is 0 Å². The van der Waals surface area contributed by atoms with Crippen LogP contribution in [0.15, 0.2) is 65.7 Å². The zero-order chi connectivity index (χ0) is 17.2. The molecule has 126 valence electrons. The van der Waals surface area contributed by atoms with E-state index in [1.807, 2.05) is 29.2 Å². The van der Waals surface area contributed by atoms with E-state index >= 15 is 0 Å². The van der Waals surface area contributed by atoms with Gasteiger partial charge in [-0.1, -0.05) is 36.4 Å². The quantitative estimate of drug-likeness (QED) is 0.740. The second-order valence-electron chi connectivity index (χ2n) is 6.39. The van der Waals surface area contributed by atoms with Crippen LogP contribution in [-0.4, -0.2) is 32.8 Å². The zero-order valence-corrected chi connectivity index (χ0v) is 13.8. The molecule has 1 saturated heterocycles. The summed E-state index contributed by atoms with van der Waals surface area (Å²) in [7, 11) is 0. The molecule has 0 bridgehead atoms. The highest BCUT2D eigenvalue weighted by Crippen LogP contribution is 2.22. The monoisotopic (exact) mass is 333 g/mol. The number of amides is 1. The summed E-state index contributed by atoms with van der Waals surface area (Å²) in [6, 6.07) is 15.6. The predicted octanol–water partition coefficient (Wildman–Crippen LogP) is 2.54. The number of carbonyl (C=O) groups is 1. The Hall–Kier alpha value is -2.95. The van der Waals surface area contributed by atoms with Crippen molar-refractivity contribution in [2.24, 2.45) is 0 Å². The predicted molar refractivity (Wildman–Crippen MR) is 95.7 cm³/mol. The van der Waals surface area contributed by atoms with E-state index < -0.39 is 0 Å². The second-order valence-corrected chi connectivity index (χ2v) is 6.39. The van der Waals surface area contributed by atoms with Gasteiger partial charge in [-0.25, -0.2) is 4.98 Å². The van der Waals surface area contributed by atoms with Gasteiger partial charge in [-0.2, -0.15) is 0 Å². The van der Waals surface area contributed by atoms with Gasteiger partial charge in [0.05, 0.1) is 0 Å². The Morgan fingerprint density at radius 1 is 1.12 bits per heavy atom. The van der Waals surface area contributed by atoms with Crippen molar-refractivity contribution in [2.45, 2.75) is 25.3 Å². The minimum atomic E-state index is -0.305. The topological polar surface area (TPSA) is 54.7 Å². The van der Waals surface area contributed by atoms with Crippen molar-refractivity contribution in [2.75, 3.05) is 6.54 Å². The largest absolute Gasteiger partial charge is 0.335 e. The third kappa shape index (κ3) is 2.93. The molecule has 1 atom stereocenters. The number of pyridine rings is 1. The lowest BCUT2D eigenvalue weighted by atomic mass is 10.0. The Morgan fingerprint density at radius 2 is 1.92 bits per heavy atom. The molecule has 0 spiro atoms. The molecule has 1 unspecified atom stereocenters. The van der Waals surface area contributed by atoms with Crippen LogP contribution < -0.4 is 5.56 Å². The molecular weight excluding hydrogens is 314 g/mol. The summed E-state index contributed by atoms with van der Waals surface area (Å²) in [5.41, 5.74) is 1.59. The molecule has 0 radical (unpaired) electrons. The number of hydrogen-bond donors (Lipinski definition) is 0. The standard InChI is InChI=1S/C20H19N3O2/c24-19(17-14-21-18-10-4-5-11-23(18)20(17)25)22-12-6-9-16(22)13-15-7-2-1-3-8-15/h1-5,7-8,10-11,14,16H,6,9,12-13H2. The number of hydrogen-bond acceptors (Lipinski definition) is 3. The van der Waals surface area contributed by atoms with Gasteiger partial charge in [-0.3, -0.25) is 14.0 Å². The van der Waals surface area contributed by atoms with Crippen molar-refractivity contribution in [3.63, 3.8) is 0 Å². The average molecular weight is 333 g/mol. The van der Waals surface area contributed by atoms with Crippen molar-refractivity contribution in [3.05, 3.63) is 82.4 Å². The first-order chi connectivity index (χ1) is 12.2. The lowest BCUT2D eigenvalue weighted by molar-refractivity contribution is 0.0734. The van der Waals surface area contributed by atoms with Gasteiger partial charge in [-0.05, 0) is 37.0 Å². The van der Waals surface area contributed by atoms with Gasteiger partial charge < -0.3 is 4.90 Å². The molecule has 1 fully saturated rings. The molecule has 25 heavy (non-hydrogen) atoms. The van der Waals surface area contributed by atoms with Crippen LogP contribution in [0.5, 0.6) is 0 Å². The summed E-state index contributed by atoms with van der Waals surface area (Å²) in [4.78, 5) is 31.7. The Kier molecular flexibility index (Phi) is 4.06. The van der Waals surface area contributed by atoms with Crippen molar-refractivity contribution < 1.29 is 4.79 Å². The molecule has 1 aliphatic heterocycles. The van der Waals surface area contributed by atoms with Crippen LogP contribution in [0.4, 0.5) is 0 Å². The van der Waals surface area contributed by atoms with E-state index in [9.17, 15) is 9.59 Å². The molecule has 3 aromatic rings. The molecule has 1 amide bonds. The summed E-state index contributed by atoms with van der Waals surface area (Å²) in [6.45, 7) is 0.688. The normalized spacial score (nSPS) is 17.1. The molecule has 0 aliphatic carbocycles. The Morgan fingerprint density at radius 3 is 2.76 bits per heavy atom. The molecule has 2 aromatic heterocycles. The van der Waals surface area contributed by atoms with E-state index in [1.165, 1.54) is 16.2 Å². The minimum Gasteiger partial charge on any atom is -0.335 e. The molecule has 1 aromatic carbocycles. The maximum atomic E-state index is 13.0. The fourth-order valence-electron chi connectivity index (χ4n) is 3.53. The van der Waals surface area contributed by atoms with Crippen LogP contribution in [0.2, 0.25) is 0 Å². The third-order valence-corrected chi connectivity index (χ3v) is 4.80. The lowest BCUT2D eigenvalue weighted by Gasteiger charge is -2.24. The van der Waals surface area contributed by atoms with Crippen LogP contribution in [0.1, 0.15) is 28.8 Å². The fraction of sp³-hybridized carbons (Fsp3) is 0.250. The van der Waals surface area contributed by atoms with E-state index in [1.54, 1.807) is 18.3 Å². The Labute approximate surface area is 145 Å².